The highest BCUT2D eigenvalue weighted by atomic mass is 79.9. The number of fused-ring (bicyclic) bond motifs is 3. The van der Waals surface area contributed by atoms with Crippen LogP contribution in [-0.4, -0.2) is 24.4 Å². The number of nitrogens with zero attached hydrogens (tertiary/aromatic N) is 2. The van der Waals surface area contributed by atoms with Gasteiger partial charge in [-0.15, -0.1) is 0 Å². The first kappa shape index (κ1) is 26.4. The lowest BCUT2D eigenvalue weighted by Crippen LogP contribution is -2.34. The molecule has 0 aliphatic carbocycles. The van der Waals surface area contributed by atoms with Gasteiger partial charge in [-0.05, 0) is 70.4 Å². The number of hydrogen-bond acceptors (Lipinski definition) is 5. The standard InChI is InChI=1S/C29H29Br2ClN2O3/c1-3-4-5-6-13-36-26-12-9-19(14-27(26)35-2)29-34-25(22-15-20(30)16-23(31)28(22)37-29)17-24(33-34)18-7-10-21(32)11-8-18/h7-12,14-16,25,29H,3-6,13,17H2,1-2H3/t25-,29-/m0/s1. The maximum atomic E-state index is 6.62. The van der Waals surface area contributed by atoms with E-state index in [-0.39, 0.29) is 6.04 Å². The summed E-state index contributed by atoms with van der Waals surface area (Å²) in [5.74, 6) is 2.26. The highest BCUT2D eigenvalue weighted by Gasteiger charge is 2.42. The van der Waals surface area contributed by atoms with Crippen LogP contribution in [0.2, 0.25) is 5.02 Å². The molecule has 0 radical (unpaired) electrons. The van der Waals surface area contributed by atoms with Crippen molar-refractivity contribution in [2.75, 3.05) is 13.7 Å². The van der Waals surface area contributed by atoms with Crippen molar-refractivity contribution in [2.45, 2.75) is 51.3 Å². The van der Waals surface area contributed by atoms with E-state index in [1.54, 1.807) is 7.11 Å². The zero-order valence-electron chi connectivity index (χ0n) is 20.8. The zero-order chi connectivity index (χ0) is 25.9. The van der Waals surface area contributed by atoms with Gasteiger partial charge in [0.2, 0.25) is 6.23 Å². The van der Waals surface area contributed by atoms with E-state index >= 15 is 0 Å². The molecule has 3 aromatic carbocycles. The molecule has 8 heteroatoms. The lowest BCUT2D eigenvalue weighted by molar-refractivity contribution is -0.0198. The van der Waals surface area contributed by atoms with Crippen molar-refractivity contribution in [2.24, 2.45) is 5.10 Å². The highest BCUT2D eigenvalue weighted by molar-refractivity contribution is 9.11. The lowest BCUT2D eigenvalue weighted by Gasteiger charge is -2.38. The van der Waals surface area contributed by atoms with Crippen LogP contribution in [0.3, 0.4) is 0 Å². The van der Waals surface area contributed by atoms with Crippen LogP contribution in [-0.2, 0) is 0 Å². The van der Waals surface area contributed by atoms with Gasteiger partial charge in [0.15, 0.2) is 11.5 Å². The van der Waals surface area contributed by atoms with E-state index in [2.05, 4.69) is 49.9 Å². The summed E-state index contributed by atoms with van der Waals surface area (Å²) in [6, 6.07) is 18.0. The Morgan fingerprint density at radius 1 is 1.03 bits per heavy atom. The Labute approximate surface area is 240 Å². The van der Waals surface area contributed by atoms with Crippen molar-refractivity contribution >= 4 is 49.2 Å². The lowest BCUT2D eigenvalue weighted by atomic mass is 9.96. The molecule has 5 nitrogen and oxygen atoms in total. The summed E-state index contributed by atoms with van der Waals surface area (Å²) in [7, 11) is 1.67. The SMILES string of the molecule is CCCCCCOc1ccc([C@@H]2Oc3c(Br)cc(Br)cc3[C@@H]3CC(c4ccc(Cl)cc4)=NN32)cc1OC. The second-order valence-corrected chi connectivity index (χ2v) is 11.5. The van der Waals surface area contributed by atoms with Gasteiger partial charge in [0, 0.05) is 27.0 Å². The molecule has 2 heterocycles. The van der Waals surface area contributed by atoms with Crippen LogP contribution in [0.5, 0.6) is 17.2 Å². The largest absolute Gasteiger partial charge is 0.493 e. The molecular weight excluding hydrogens is 620 g/mol. The van der Waals surface area contributed by atoms with Crippen LogP contribution in [0.1, 0.15) is 68.0 Å². The molecule has 0 N–H and O–H groups in total. The third-order valence-electron chi connectivity index (χ3n) is 6.71. The summed E-state index contributed by atoms with van der Waals surface area (Å²) in [4.78, 5) is 0. The molecular formula is C29H29Br2ClN2O3. The predicted molar refractivity (Wildman–Crippen MR) is 155 cm³/mol. The fraction of sp³-hybridized carbons (Fsp3) is 0.345. The second kappa shape index (κ2) is 11.7. The van der Waals surface area contributed by atoms with Crippen molar-refractivity contribution in [3.63, 3.8) is 0 Å². The van der Waals surface area contributed by atoms with Gasteiger partial charge >= 0.3 is 0 Å². The molecule has 5 rings (SSSR count). The molecule has 0 saturated carbocycles. The molecule has 194 valence electrons. The highest BCUT2D eigenvalue weighted by Crippen LogP contribution is 2.51. The molecule has 0 amide bonds. The van der Waals surface area contributed by atoms with E-state index in [0.29, 0.717) is 17.4 Å². The Kier molecular flexibility index (Phi) is 8.32. The molecule has 37 heavy (non-hydrogen) atoms. The Morgan fingerprint density at radius 3 is 2.59 bits per heavy atom. The quantitative estimate of drug-likeness (QED) is 0.217. The zero-order valence-corrected chi connectivity index (χ0v) is 24.8. The minimum Gasteiger partial charge on any atom is -0.493 e. The van der Waals surface area contributed by atoms with E-state index in [9.17, 15) is 0 Å². The number of ether oxygens (including phenoxy) is 3. The molecule has 2 atom stereocenters. The van der Waals surface area contributed by atoms with Crippen LogP contribution in [0, 0.1) is 0 Å². The predicted octanol–water partition coefficient (Wildman–Crippen LogP) is 9.08. The van der Waals surface area contributed by atoms with E-state index in [4.69, 9.17) is 30.9 Å². The number of rotatable bonds is 9. The van der Waals surface area contributed by atoms with Crippen molar-refractivity contribution < 1.29 is 14.2 Å². The van der Waals surface area contributed by atoms with Crippen molar-refractivity contribution in [3.8, 4) is 17.2 Å². The third kappa shape index (κ3) is 5.64. The third-order valence-corrected chi connectivity index (χ3v) is 8.01. The van der Waals surface area contributed by atoms with Gasteiger partial charge in [-0.1, -0.05) is 65.8 Å². The number of unbranched alkanes of at least 4 members (excludes halogenated alkanes) is 3. The Bertz CT molecular complexity index is 1300. The summed E-state index contributed by atoms with van der Waals surface area (Å²) in [5.41, 5.74) is 4.08. The van der Waals surface area contributed by atoms with Crippen molar-refractivity contribution in [1.82, 2.24) is 5.01 Å². The van der Waals surface area contributed by atoms with E-state index in [1.165, 1.54) is 19.3 Å². The minimum atomic E-state index is -0.424. The number of hydrogen-bond donors (Lipinski definition) is 0. The Morgan fingerprint density at radius 2 is 1.84 bits per heavy atom. The molecule has 0 bridgehead atoms. The summed E-state index contributed by atoms with van der Waals surface area (Å²) in [6.07, 6.45) is 4.96. The maximum Gasteiger partial charge on any atom is 0.214 e. The molecule has 0 unspecified atom stereocenters. The minimum absolute atomic E-state index is 0.0220. The summed E-state index contributed by atoms with van der Waals surface area (Å²) >= 11 is 13.5. The Hall–Kier alpha value is -2.22. The van der Waals surface area contributed by atoms with Crippen LogP contribution < -0.4 is 14.2 Å². The van der Waals surface area contributed by atoms with Gasteiger partial charge in [-0.3, -0.25) is 0 Å². The van der Waals surface area contributed by atoms with Crippen LogP contribution in [0.4, 0.5) is 0 Å². The van der Waals surface area contributed by atoms with Gasteiger partial charge in [0.25, 0.3) is 0 Å². The van der Waals surface area contributed by atoms with Gasteiger partial charge in [-0.25, -0.2) is 5.01 Å². The Balaban J connectivity index is 1.48. The molecule has 0 saturated heterocycles. The van der Waals surface area contributed by atoms with Gasteiger partial charge in [0.05, 0.1) is 29.9 Å². The molecule has 0 fully saturated rings. The van der Waals surface area contributed by atoms with Gasteiger partial charge in [0.1, 0.15) is 5.75 Å². The van der Waals surface area contributed by atoms with E-state index in [1.807, 2.05) is 48.5 Å². The second-order valence-electron chi connectivity index (χ2n) is 9.25. The fourth-order valence-corrected chi connectivity index (χ4v) is 6.30. The van der Waals surface area contributed by atoms with E-state index in [0.717, 1.165) is 55.7 Å². The number of methoxy groups -OCH3 is 1. The number of benzene rings is 3. The maximum absolute atomic E-state index is 6.62. The molecule has 0 aromatic heterocycles. The van der Waals surface area contributed by atoms with Crippen LogP contribution in [0.15, 0.2) is 68.6 Å². The first-order valence-electron chi connectivity index (χ1n) is 12.6. The summed E-state index contributed by atoms with van der Waals surface area (Å²) in [6.45, 7) is 2.88. The van der Waals surface area contributed by atoms with E-state index < -0.39 is 6.23 Å². The summed E-state index contributed by atoms with van der Waals surface area (Å²) < 4.78 is 20.3. The number of halogens is 3. The molecule has 2 aliphatic heterocycles. The molecule has 0 spiro atoms. The van der Waals surface area contributed by atoms with Crippen LogP contribution in [0.25, 0.3) is 0 Å². The normalized spacial score (nSPS) is 18.1. The monoisotopic (exact) mass is 646 g/mol. The van der Waals surface area contributed by atoms with Crippen molar-refractivity contribution in [3.05, 3.63) is 85.3 Å². The summed E-state index contributed by atoms with van der Waals surface area (Å²) in [5, 5.41) is 7.83. The van der Waals surface area contributed by atoms with Gasteiger partial charge in [-0.2, -0.15) is 5.10 Å². The average molecular weight is 649 g/mol. The average Bonchev–Trinajstić information content (AvgIpc) is 3.34. The van der Waals surface area contributed by atoms with Gasteiger partial charge < -0.3 is 14.2 Å². The first-order valence-corrected chi connectivity index (χ1v) is 14.5. The fourth-order valence-electron chi connectivity index (χ4n) is 4.82. The van der Waals surface area contributed by atoms with Crippen LogP contribution >= 0.6 is 43.5 Å². The number of hydrazone groups is 1. The smallest absolute Gasteiger partial charge is 0.214 e. The molecule has 2 aliphatic rings. The van der Waals surface area contributed by atoms with Crippen molar-refractivity contribution in [1.29, 1.82) is 0 Å². The topological polar surface area (TPSA) is 43.3 Å². The molecule has 3 aromatic rings. The first-order chi connectivity index (χ1) is 18.0.